The van der Waals surface area contributed by atoms with Crippen LogP contribution in [-0.4, -0.2) is 14.1 Å². The maximum Gasteiger partial charge on any atom is 0.125 e. The summed E-state index contributed by atoms with van der Waals surface area (Å²) < 4.78 is 6.27. The predicted molar refractivity (Wildman–Crippen MR) is 64.5 cm³/mol. The van der Waals surface area contributed by atoms with Crippen molar-refractivity contribution in [3.63, 3.8) is 0 Å². The quantitative estimate of drug-likeness (QED) is 0.771. The summed E-state index contributed by atoms with van der Waals surface area (Å²) in [6.07, 6.45) is 1.67. The summed E-state index contributed by atoms with van der Waals surface area (Å²) >= 11 is 0. The predicted octanol–water partition coefficient (Wildman–Crippen LogP) is 2.57. The Kier molecular flexibility index (Phi) is 3.23. The van der Waals surface area contributed by atoms with Gasteiger partial charge in [-0.3, -0.25) is 4.99 Å². The van der Waals surface area contributed by atoms with Gasteiger partial charge in [0.25, 0.3) is 0 Å². The van der Waals surface area contributed by atoms with Crippen LogP contribution in [0.1, 0.15) is 5.76 Å². The van der Waals surface area contributed by atoms with Gasteiger partial charge in [-0.05, 0) is 12.1 Å². The van der Waals surface area contributed by atoms with Crippen LogP contribution < -0.4 is 9.57 Å². The smallest absolute Gasteiger partial charge is 0.125 e. The molecule has 0 amide bonds. The minimum absolute atomic E-state index is 0.618. The van der Waals surface area contributed by atoms with Gasteiger partial charge in [-0.1, -0.05) is 20.7 Å². The molecule has 0 spiro atoms. The second-order valence-corrected chi connectivity index (χ2v) is 5.45. The molecule has 0 saturated heterocycles. The Morgan fingerprint density at radius 2 is 2.27 bits per heavy atom. The number of anilines is 1. The minimum Gasteiger partial charge on any atom is -0.467 e. The zero-order chi connectivity index (χ0) is 10.7. The molecule has 3 nitrogen and oxygen atoms in total. The molecule has 0 N–H and O–H groups in total. The minimum atomic E-state index is 0.618. The molecule has 2 aromatic heterocycles. The number of hydrogen-bond acceptors (Lipinski definition) is 5. The van der Waals surface area contributed by atoms with Crippen LogP contribution in [0.5, 0.6) is 0 Å². The van der Waals surface area contributed by atoms with E-state index >= 15 is 0 Å². The largest absolute Gasteiger partial charge is 0.467 e. The van der Waals surface area contributed by atoms with Crippen LogP contribution in [-0.2, 0) is 6.54 Å². The van der Waals surface area contributed by atoms with Gasteiger partial charge in [0.05, 0.1) is 12.8 Å². The van der Waals surface area contributed by atoms with Crippen LogP contribution in [0.4, 0.5) is 5.00 Å². The molecule has 0 aliphatic carbocycles. The van der Waals surface area contributed by atoms with E-state index in [4.69, 9.17) is 4.42 Å². The topological polar surface area (TPSA) is 28.7 Å². The Morgan fingerprint density at radius 3 is 2.87 bits per heavy atom. The van der Waals surface area contributed by atoms with E-state index < -0.39 is 0 Å². The van der Waals surface area contributed by atoms with Gasteiger partial charge in [-0.15, -0.1) is 0 Å². The van der Waals surface area contributed by atoms with Gasteiger partial charge in [0.2, 0.25) is 0 Å². The van der Waals surface area contributed by atoms with Gasteiger partial charge in [-0.25, -0.2) is 0 Å². The Bertz CT molecular complexity index is 468. The molecule has 0 aliphatic rings. The Balaban J connectivity index is 2.12. The number of rotatable bonds is 3. The van der Waals surface area contributed by atoms with Crippen molar-refractivity contribution in [3.05, 3.63) is 34.9 Å². The van der Waals surface area contributed by atoms with Gasteiger partial charge >= 0.3 is 0 Å². The lowest BCUT2D eigenvalue weighted by Crippen LogP contribution is -2.07. The lowest BCUT2D eigenvalue weighted by molar-refractivity contribution is 0.511. The average molecular weight is 240 g/mol. The summed E-state index contributed by atoms with van der Waals surface area (Å²) in [5.74, 6) is 0.903. The van der Waals surface area contributed by atoms with Crippen molar-refractivity contribution in [1.29, 1.82) is 0 Å². The number of furan rings is 1. The summed E-state index contributed by atoms with van der Waals surface area (Å²) in [7, 11) is 7.50. The molecule has 5 heteroatoms. The summed E-state index contributed by atoms with van der Waals surface area (Å²) in [6.45, 7) is 0.618. The fraction of sp³-hybridized carbons (Fsp3) is 0.300. The molecular formula is C10H12N2OS2. The third-order valence-electron chi connectivity index (χ3n) is 1.87. The molecule has 2 heterocycles. The highest BCUT2D eigenvalue weighted by atomic mass is 32.9. The van der Waals surface area contributed by atoms with Crippen LogP contribution in [0.3, 0.4) is 0 Å². The van der Waals surface area contributed by atoms with E-state index in [1.807, 2.05) is 26.2 Å². The fourth-order valence-corrected chi connectivity index (χ4v) is 3.31. The standard InChI is InChI=1S/C10H12N2OS2/c1-12(2)10-6-9(14-15-10)11-7-8-4-3-5-13-8/h3-6H,7H2,1-2H3. The van der Waals surface area contributed by atoms with Crippen LogP contribution in [0.2, 0.25) is 0 Å². The number of nitrogens with zero attached hydrogens (tertiary/aromatic N) is 2. The first kappa shape index (κ1) is 10.4. The monoisotopic (exact) mass is 240 g/mol. The third kappa shape index (κ3) is 2.70. The molecule has 15 heavy (non-hydrogen) atoms. The van der Waals surface area contributed by atoms with Gasteiger partial charge in [-0.2, -0.15) is 0 Å². The molecule has 0 radical (unpaired) electrons. The zero-order valence-electron chi connectivity index (χ0n) is 8.64. The van der Waals surface area contributed by atoms with Gasteiger partial charge in [0, 0.05) is 20.2 Å². The lowest BCUT2D eigenvalue weighted by atomic mass is 10.4. The second-order valence-electron chi connectivity index (χ2n) is 3.28. The SMILES string of the molecule is CN(C)c1cc(=NCc2ccco2)ss1. The van der Waals surface area contributed by atoms with E-state index in [1.165, 1.54) is 5.00 Å². The first-order chi connectivity index (χ1) is 7.25. The maximum absolute atomic E-state index is 5.21. The van der Waals surface area contributed by atoms with E-state index in [0.29, 0.717) is 6.54 Å². The van der Waals surface area contributed by atoms with Crippen molar-refractivity contribution in [1.82, 2.24) is 0 Å². The Hall–Kier alpha value is -1.07. The van der Waals surface area contributed by atoms with Crippen molar-refractivity contribution < 1.29 is 4.42 Å². The molecule has 2 aromatic rings. The normalized spacial score (nSPS) is 12.0. The second kappa shape index (κ2) is 4.63. The molecule has 0 unspecified atom stereocenters. The highest BCUT2D eigenvalue weighted by molar-refractivity contribution is 7.70. The lowest BCUT2D eigenvalue weighted by Gasteiger charge is -2.05. The molecule has 80 valence electrons. The van der Waals surface area contributed by atoms with Crippen molar-refractivity contribution >= 4 is 25.7 Å². The third-order valence-corrected chi connectivity index (χ3v) is 4.30. The van der Waals surface area contributed by atoms with E-state index in [-0.39, 0.29) is 0 Å². The highest BCUT2D eigenvalue weighted by Gasteiger charge is 1.98. The molecular weight excluding hydrogens is 228 g/mol. The van der Waals surface area contributed by atoms with Gasteiger partial charge < -0.3 is 9.32 Å². The van der Waals surface area contributed by atoms with Crippen molar-refractivity contribution in [2.75, 3.05) is 19.0 Å². The molecule has 0 aromatic carbocycles. The molecule has 0 aliphatic heterocycles. The van der Waals surface area contributed by atoms with Crippen LogP contribution >= 0.6 is 20.7 Å². The van der Waals surface area contributed by atoms with E-state index in [0.717, 1.165) is 10.4 Å². The van der Waals surface area contributed by atoms with Crippen molar-refractivity contribution in [2.45, 2.75) is 6.54 Å². The molecule has 2 rings (SSSR count). The summed E-state index contributed by atoms with van der Waals surface area (Å²) in [5.41, 5.74) is 0. The Morgan fingerprint density at radius 1 is 1.40 bits per heavy atom. The highest BCUT2D eigenvalue weighted by Crippen LogP contribution is 2.19. The van der Waals surface area contributed by atoms with Crippen molar-refractivity contribution in [2.24, 2.45) is 4.99 Å². The van der Waals surface area contributed by atoms with E-state index in [9.17, 15) is 0 Å². The molecule has 0 fully saturated rings. The first-order valence-electron chi connectivity index (χ1n) is 4.56. The molecule has 0 atom stereocenters. The summed E-state index contributed by atoms with van der Waals surface area (Å²) in [5, 5.41) is 1.23. The van der Waals surface area contributed by atoms with E-state index in [2.05, 4.69) is 16.0 Å². The average Bonchev–Trinajstić information content (AvgIpc) is 2.86. The summed E-state index contributed by atoms with van der Waals surface area (Å²) in [6, 6.07) is 5.92. The van der Waals surface area contributed by atoms with Crippen molar-refractivity contribution in [3.8, 4) is 0 Å². The fourth-order valence-electron chi connectivity index (χ4n) is 1.07. The van der Waals surface area contributed by atoms with Gasteiger partial charge in [0.1, 0.15) is 15.4 Å². The molecule has 0 bridgehead atoms. The van der Waals surface area contributed by atoms with Crippen LogP contribution in [0.25, 0.3) is 0 Å². The summed E-state index contributed by atoms with van der Waals surface area (Å²) in [4.78, 5) is 6.55. The first-order valence-corrected chi connectivity index (χ1v) is 6.71. The van der Waals surface area contributed by atoms with Gasteiger partial charge in [0.15, 0.2) is 0 Å². The number of hydrogen-bond donors (Lipinski definition) is 0. The van der Waals surface area contributed by atoms with E-state index in [1.54, 1.807) is 26.9 Å². The van der Waals surface area contributed by atoms with Crippen LogP contribution in [0, 0.1) is 0 Å². The van der Waals surface area contributed by atoms with Crippen LogP contribution in [0.15, 0.2) is 33.9 Å². The molecule has 0 saturated carbocycles. The Labute approximate surface area is 95.7 Å². The maximum atomic E-state index is 5.21. The zero-order valence-corrected chi connectivity index (χ0v) is 10.3.